The number of nitrogens with zero attached hydrogens (tertiary/aromatic N) is 3. The normalized spacial score (nSPS) is 11.3. The van der Waals surface area contributed by atoms with Crippen LogP contribution in [0.1, 0.15) is 11.4 Å². The molecule has 0 spiro atoms. The summed E-state index contributed by atoms with van der Waals surface area (Å²) in [6.07, 6.45) is 2.62. The molecule has 0 atom stereocenters. The van der Waals surface area contributed by atoms with E-state index < -0.39 is 0 Å². The Balaban J connectivity index is 1.78. The highest BCUT2D eigenvalue weighted by Gasteiger charge is 2.14. The molecule has 2 aromatic heterocycles. The van der Waals surface area contributed by atoms with E-state index in [-0.39, 0.29) is 0 Å². The van der Waals surface area contributed by atoms with E-state index in [1.165, 1.54) is 0 Å². The minimum absolute atomic E-state index is 0.398. The summed E-state index contributed by atoms with van der Waals surface area (Å²) in [5.74, 6) is 0.690. The van der Waals surface area contributed by atoms with Gasteiger partial charge < -0.3 is 14.0 Å². The summed E-state index contributed by atoms with van der Waals surface area (Å²) < 4.78 is 13.8. The Bertz CT molecular complexity index is 824. The van der Waals surface area contributed by atoms with Crippen LogP contribution in [0.2, 0.25) is 5.15 Å². The van der Waals surface area contributed by atoms with Crippen molar-refractivity contribution < 1.29 is 9.47 Å². The number of methoxy groups -OCH3 is 1. The quantitative estimate of drug-likeness (QED) is 0.397. The zero-order chi connectivity index (χ0) is 16.9. The molecule has 126 valence electrons. The van der Waals surface area contributed by atoms with Crippen LogP contribution >= 0.6 is 34.2 Å². The third-order valence-corrected chi connectivity index (χ3v) is 4.60. The van der Waals surface area contributed by atoms with Crippen LogP contribution in [0, 0.1) is 3.57 Å². The molecule has 1 aromatic carbocycles. The number of rotatable bonds is 7. The lowest BCUT2D eigenvalue weighted by Gasteiger charge is -2.08. The predicted molar refractivity (Wildman–Crippen MR) is 102 cm³/mol. The lowest BCUT2D eigenvalue weighted by molar-refractivity contribution is 0.0667. The molecule has 0 saturated carbocycles. The molecule has 0 aliphatic carbocycles. The summed E-state index contributed by atoms with van der Waals surface area (Å²) in [7, 11) is 1.66. The molecule has 0 radical (unpaired) electrons. The van der Waals surface area contributed by atoms with Gasteiger partial charge in [-0.15, -0.1) is 0 Å². The van der Waals surface area contributed by atoms with Gasteiger partial charge in [-0.2, -0.15) is 0 Å². The van der Waals surface area contributed by atoms with E-state index in [0.29, 0.717) is 37.3 Å². The fraction of sp³-hybridized carbons (Fsp3) is 0.294. The van der Waals surface area contributed by atoms with Crippen molar-refractivity contribution in [3.05, 3.63) is 56.6 Å². The van der Waals surface area contributed by atoms with Crippen molar-refractivity contribution in [1.82, 2.24) is 14.5 Å². The molecular weight excluding hydrogens is 441 g/mol. The maximum absolute atomic E-state index is 6.38. The number of hydrogen-bond acceptors (Lipinski definition) is 4. The van der Waals surface area contributed by atoms with E-state index in [1.807, 2.05) is 41.1 Å². The Kier molecular flexibility index (Phi) is 6.04. The molecular formula is C17H17ClIN3O2. The summed E-state index contributed by atoms with van der Waals surface area (Å²) in [5.41, 5.74) is 2.79. The maximum Gasteiger partial charge on any atom is 0.157 e. The molecule has 0 fully saturated rings. The first-order chi connectivity index (χ1) is 11.7. The van der Waals surface area contributed by atoms with Gasteiger partial charge >= 0.3 is 0 Å². The zero-order valence-corrected chi connectivity index (χ0v) is 16.1. The minimum atomic E-state index is 0.398. The van der Waals surface area contributed by atoms with E-state index >= 15 is 0 Å². The summed E-state index contributed by atoms with van der Waals surface area (Å²) in [6, 6.07) is 10.1. The van der Waals surface area contributed by atoms with Gasteiger partial charge in [-0.1, -0.05) is 41.9 Å². The number of ether oxygens (including phenoxy) is 2. The second-order valence-electron chi connectivity index (χ2n) is 5.28. The van der Waals surface area contributed by atoms with Crippen LogP contribution in [0.15, 0.2) is 36.5 Å². The summed E-state index contributed by atoms with van der Waals surface area (Å²) in [4.78, 5) is 8.97. The van der Waals surface area contributed by atoms with Gasteiger partial charge in [0.15, 0.2) is 5.15 Å². The van der Waals surface area contributed by atoms with Crippen molar-refractivity contribution in [3.63, 3.8) is 0 Å². The highest BCUT2D eigenvalue weighted by molar-refractivity contribution is 14.1. The molecule has 5 nitrogen and oxygen atoms in total. The Hall–Kier alpha value is -1.22. The van der Waals surface area contributed by atoms with Crippen molar-refractivity contribution in [1.29, 1.82) is 0 Å². The standard InChI is InChI=1S/C17H17ClIN3O2/c1-23-8-7-14-20-15-13(19)9-22(16(15)17(18)21-14)11-24-10-12-5-3-2-4-6-12/h2-6,9H,7-8,10-11H2,1H3. The third-order valence-electron chi connectivity index (χ3n) is 3.54. The van der Waals surface area contributed by atoms with Crippen LogP contribution in [0.3, 0.4) is 0 Å². The Morgan fingerprint density at radius 2 is 2.00 bits per heavy atom. The molecule has 0 bridgehead atoms. The van der Waals surface area contributed by atoms with Crippen LogP contribution in [-0.2, 0) is 29.2 Å². The van der Waals surface area contributed by atoms with Gasteiger partial charge in [0, 0.05) is 19.7 Å². The molecule has 24 heavy (non-hydrogen) atoms. The zero-order valence-electron chi connectivity index (χ0n) is 13.2. The molecule has 2 heterocycles. The van der Waals surface area contributed by atoms with Crippen LogP contribution < -0.4 is 0 Å². The van der Waals surface area contributed by atoms with E-state index in [2.05, 4.69) is 32.6 Å². The van der Waals surface area contributed by atoms with Gasteiger partial charge in [-0.3, -0.25) is 0 Å². The average Bonchev–Trinajstić information content (AvgIpc) is 2.90. The van der Waals surface area contributed by atoms with Crippen LogP contribution in [0.4, 0.5) is 0 Å². The third kappa shape index (κ3) is 4.05. The van der Waals surface area contributed by atoms with Crippen molar-refractivity contribution in [2.45, 2.75) is 19.8 Å². The fourth-order valence-corrected chi connectivity index (χ4v) is 3.41. The number of hydrogen-bond donors (Lipinski definition) is 0. The first kappa shape index (κ1) is 17.6. The Morgan fingerprint density at radius 1 is 1.21 bits per heavy atom. The number of halogens is 2. The summed E-state index contributed by atoms with van der Waals surface area (Å²) in [6.45, 7) is 1.51. The molecule has 0 aliphatic rings. The lowest BCUT2D eigenvalue weighted by atomic mass is 10.2. The molecule has 0 aliphatic heterocycles. The number of fused-ring (bicyclic) bond motifs is 1. The van der Waals surface area contributed by atoms with Gasteiger partial charge in [0.05, 0.1) is 16.8 Å². The monoisotopic (exact) mass is 457 g/mol. The van der Waals surface area contributed by atoms with Crippen molar-refractivity contribution in [2.75, 3.05) is 13.7 Å². The van der Waals surface area contributed by atoms with E-state index in [0.717, 1.165) is 20.2 Å². The Labute approximate surface area is 159 Å². The second-order valence-corrected chi connectivity index (χ2v) is 6.80. The summed E-state index contributed by atoms with van der Waals surface area (Å²) in [5, 5.41) is 0.442. The van der Waals surface area contributed by atoms with Gasteiger partial charge in [-0.25, -0.2) is 9.97 Å². The van der Waals surface area contributed by atoms with Gasteiger partial charge in [0.25, 0.3) is 0 Å². The molecule has 3 rings (SSSR count). The topological polar surface area (TPSA) is 49.2 Å². The smallest absolute Gasteiger partial charge is 0.157 e. The molecule has 0 unspecified atom stereocenters. The Morgan fingerprint density at radius 3 is 2.75 bits per heavy atom. The highest BCUT2D eigenvalue weighted by Crippen LogP contribution is 2.27. The average molecular weight is 458 g/mol. The second kappa shape index (κ2) is 8.24. The molecule has 0 saturated heterocycles. The molecule has 0 amide bonds. The molecule has 7 heteroatoms. The van der Waals surface area contributed by atoms with Crippen LogP contribution in [-0.4, -0.2) is 28.3 Å². The number of aromatic nitrogens is 3. The SMILES string of the molecule is COCCc1nc(Cl)c2c(n1)c(I)cn2COCc1ccccc1. The van der Waals surface area contributed by atoms with E-state index in [9.17, 15) is 0 Å². The summed E-state index contributed by atoms with van der Waals surface area (Å²) >= 11 is 8.64. The van der Waals surface area contributed by atoms with Crippen LogP contribution in [0.25, 0.3) is 11.0 Å². The lowest BCUT2D eigenvalue weighted by Crippen LogP contribution is -2.05. The first-order valence-electron chi connectivity index (χ1n) is 7.50. The van der Waals surface area contributed by atoms with Crippen molar-refractivity contribution >= 4 is 45.2 Å². The van der Waals surface area contributed by atoms with Crippen LogP contribution in [0.5, 0.6) is 0 Å². The molecule has 0 N–H and O–H groups in total. The number of benzene rings is 1. The fourth-order valence-electron chi connectivity index (χ4n) is 2.40. The van der Waals surface area contributed by atoms with E-state index in [1.54, 1.807) is 7.11 Å². The van der Waals surface area contributed by atoms with Crippen molar-refractivity contribution in [2.24, 2.45) is 0 Å². The van der Waals surface area contributed by atoms with E-state index in [4.69, 9.17) is 21.1 Å². The van der Waals surface area contributed by atoms with Crippen molar-refractivity contribution in [3.8, 4) is 0 Å². The maximum atomic E-state index is 6.38. The highest BCUT2D eigenvalue weighted by atomic mass is 127. The van der Waals surface area contributed by atoms with Gasteiger partial charge in [-0.05, 0) is 28.2 Å². The largest absolute Gasteiger partial charge is 0.384 e. The first-order valence-corrected chi connectivity index (χ1v) is 8.96. The van der Waals surface area contributed by atoms with Gasteiger partial charge in [0.2, 0.25) is 0 Å². The predicted octanol–water partition coefficient (Wildman–Crippen LogP) is 4.05. The van der Waals surface area contributed by atoms with Gasteiger partial charge in [0.1, 0.15) is 23.6 Å². The minimum Gasteiger partial charge on any atom is -0.384 e. The molecule has 3 aromatic rings.